The van der Waals surface area contributed by atoms with Crippen LogP contribution in [0.25, 0.3) is 16.0 Å². The Balaban J connectivity index is 1.73. The molecular formula is C17H19N5O2S. The summed E-state index contributed by atoms with van der Waals surface area (Å²) in [5, 5.41) is 8.91. The molecule has 1 fully saturated rings. The van der Waals surface area contributed by atoms with Gasteiger partial charge in [0.15, 0.2) is 0 Å². The molecule has 1 saturated heterocycles. The second-order valence-corrected chi connectivity index (χ2v) is 7.40. The van der Waals surface area contributed by atoms with E-state index in [-0.39, 0.29) is 5.91 Å². The van der Waals surface area contributed by atoms with Crippen molar-refractivity contribution in [2.45, 2.75) is 32.6 Å². The smallest absolute Gasteiger partial charge is 0.222 e. The molecule has 8 heteroatoms. The van der Waals surface area contributed by atoms with E-state index in [0.717, 1.165) is 47.8 Å². The highest BCUT2D eigenvalue weighted by molar-refractivity contribution is 7.14. The van der Waals surface area contributed by atoms with Gasteiger partial charge in [0.1, 0.15) is 5.82 Å². The second-order valence-electron chi connectivity index (χ2n) is 6.22. The number of carbonyl (C=O) groups is 1. The monoisotopic (exact) mass is 357 g/mol. The van der Waals surface area contributed by atoms with Crippen LogP contribution in [0.5, 0.6) is 0 Å². The van der Waals surface area contributed by atoms with Crippen LogP contribution in [0.15, 0.2) is 18.5 Å². The lowest BCUT2D eigenvalue weighted by Gasteiger charge is -2.20. The number of fused-ring (bicyclic) bond motifs is 1. The first kappa shape index (κ1) is 16.2. The molecule has 0 saturated carbocycles. The predicted octanol–water partition coefficient (Wildman–Crippen LogP) is 3.04. The molecule has 1 amide bonds. The number of thiazole rings is 1. The van der Waals surface area contributed by atoms with Crippen LogP contribution in [0.4, 0.5) is 5.82 Å². The van der Waals surface area contributed by atoms with Crippen LogP contribution in [-0.4, -0.2) is 38.9 Å². The van der Waals surface area contributed by atoms with Crippen LogP contribution in [0.1, 0.15) is 36.3 Å². The normalized spacial score (nSPS) is 17.8. The predicted molar refractivity (Wildman–Crippen MR) is 96.4 cm³/mol. The van der Waals surface area contributed by atoms with Gasteiger partial charge in [-0.05, 0) is 19.8 Å². The Kier molecular flexibility index (Phi) is 4.22. The summed E-state index contributed by atoms with van der Waals surface area (Å²) in [4.78, 5) is 21.5. The number of pyridine rings is 1. The van der Waals surface area contributed by atoms with Gasteiger partial charge in [-0.1, -0.05) is 11.3 Å². The maximum absolute atomic E-state index is 11.3. The van der Waals surface area contributed by atoms with E-state index in [2.05, 4.69) is 22.3 Å². The molecule has 1 aliphatic rings. The molecule has 0 aliphatic carbocycles. The molecule has 1 atom stereocenters. The van der Waals surface area contributed by atoms with Crippen molar-refractivity contribution in [3.05, 3.63) is 29.0 Å². The van der Waals surface area contributed by atoms with E-state index < -0.39 is 0 Å². The SMILES string of the molecule is CC(=O)Nc1cc2c(cn1)cnn2-c1nc(C2CCCOC2)c(C)s1. The summed E-state index contributed by atoms with van der Waals surface area (Å²) in [5.74, 6) is 0.718. The van der Waals surface area contributed by atoms with Crippen molar-refractivity contribution >= 4 is 34.0 Å². The fourth-order valence-electron chi connectivity index (χ4n) is 3.14. The average Bonchev–Trinajstić information content (AvgIpc) is 3.18. The van der Waals surface area contributed by atoms with Crippen LogP contribution < -0.4 is 5.32 Å². The van der Waals surface area contributed by atoms with E-state index in [4.69, 9.17) is 9.72 Å². The molecule has 0 radical (unpaired) electrons. The van der Waals surface area contributed by atoms with E-state index in [9.17, 15) is 4.79 Å². The summed E-state index contributed by atoms with van der Waals surface area (Å²) in [6.45, 7) is 5.14. The number of nitrogens with one attached hydrogen (secondary N) is 1. The Bertz CT molecular complexity index is 926. The van der Waals surface area contributed by atoms with Gasteiger partial charge in [0.25, 0.3) is 0 Å². The van der Waals surface area contributed by atoms with Gasteiger partial charge in [-0.15, -0.1) is 0 Å². The van der Waals surface area contributed by atoms with Crippen molar-refractivity contribution in [1.82, 2.24) is 19.7 Å². The van der Waals surface area contributed by atoms with Gasteiger partial charge in [-0.25, -0.2) is 14.6 Å². The van der Waals surface area contributed by atoms with Crippen molar-refractivity contribution in [3.63, 3.8) is 0 Å². The standard InChI is InChI=1S/C17H19N5O2S/c1-10-16(12-4-3-5-24-9-12)21-17(25-10)22-14-6-15(20-11(2)23)18-7-13(14)8-19-22/h6-8,12H,3-5,9H2,1-2H3,(H,18,20,23). The third-order valence-electron chi connectivity index (χ3n) is 4.31. The Labute approximate surface area is 149 Å². The molecule has 4 heterocycles. The number of hydrogen-bond donors (Lipinski definition) is 1. The number of hydrogen-bond acceptors (Lipinski definition) is 6. The number of amides is 1. The van der Waals surface area contributed by atoms with Crippen LogP contribution in [-0.2, 0) is 9.53 Å². The second kappa shape index (κ2) is 6.53. The minimum Gasteiger partial charge on any atom is -0.381 e. The summed E-state index contributed by atoms with van der Waals surface area (Å²) in [7, 11) is 0. The van der Waals surface area contributed by atoms with Gasteiger partial charge in [-0.2, -0.15) is 5.10 Å². The highest BCUT2D eigenvalue weighted by Gasteiger charge is 2.22. The minimum atomic E-state index is -0.150. The van der Waals surface area contributed by atoms with Gasteiger partial charge < -0.3 is 10.1 Å². The number of ether oxygens (including phenoxy) is 1. The molecule has 0 aromatic carbocycles. The zero-order valence-corrected chi connectivity index (χ0v) is 15.0. The number of rotatable bonds is 3. The third kappa shape index (κ3) is 3.14. The van der Waals surface area contributed by atoms with Gasteiger partial charge in [0, 0.05) is 42.0 Å². The van der Waals surface area contributed by atoms with Crippen LogP contribution in [0.3, 0.4) is 0 Å². The number of anilines is 1. The first-order chi connectivity index (χ1) is 12.1. The number of aromatic nitrogens is 4. The quantitative estimate of drug-likeness (QED) is 0.779. The van der Waals surface area contributed by atoms with E-state index >= 15 is 0 Å². The zero-order valence-electron chi connectivity index (χ0n) is 14.2. The van der Waals surface area contributed by atoms with Gasteiger partial charge in [0.05, 0.1) is 24.0 Å². The molecular weight excluding hydrogens is 338 g/mol. The zero-order chi connectivity index (χ0) is 17.4. The minimum absolute atomic E-state index is 0.150. The average molecular weight is 357 g/mol. The van der Waals surface area contributed by atoms with E-state index in [1.54, 1.807) is 23.7 Å². The Morgan fingerprint density at radius 3 is 3.08 bits per heavy atom. The lowest BCUT2D eigenvalue weighted by Crippen LogP contribution is -2.16. The van der Waals surface area contributed by atoms with Gasteiger partial charge >= 0.3 is 0 Å². The first-order valence-corrected chi connectivity index (χ1v) is 9.10. The van der Waals surface area contributed by atoms with Crippen LogP contribution in [0, 0.1) is 6.92 Å². The third-order valence-corrected chi connectivity index (χ3v) is 5.27. The highest BCUT2D eigenvalue weighted by atomic mass is 32.1. The van der Waals surface area contributed by atoms with Crippen LogP contribution in [0.2, 0.25) is 0 Å². The highest BCUT2D eigenvalue weighted by Crippen LogP contribution is 2.32. The molecule has 25 heavy (non-hydrogen) atoms. The molecule has 4 rings (SSSR count). The van der Waals surface area contributed by atoms with E-state index in [1.165, 1.54) is 11.8 Å². The van der Waals surface area contributed by atoms with Crippen molar-refractivity contribution in [2.24, 2.45) is 0 Å². The van der Waals surface area contributed by atoms with Gasteiger partial charge in [0.2, 0.25) is 11.0 Å². The summed E-state index contributed by atoms with van der Waals surface area (Å²) >= 11 is 1.63. The van der Waals surface area contributed by atoms with E-state index in [0.29, 0.717) is 11.7 Å². The summed E-state index contributed by atoms with van der Waals surface area (Å²) in [6, 6.07) is 1.82. The number of nitrogens with zero attached hydrogens (tertiary/aromatic N) is 4. The molecule has 0 bridgehead atoms. The van der Waals surface area contributed by atoms with Gasteiger partial charge in [-0.3, -0.25) is 4.79 Å². The fraction of sp³-hybridized carbons (Fsp3) is 0.412. The molecule has 130 valence electrons. The molecule has 3 aromatic rings. The number of carbonyl (C=O) groups excluding carboxylic acids is 1. The van der Waals surface area contributed by atoms with E-state index in [1.807, 2.05) is 10.7 Å². The van der Waals surface area contributed by atoms with Crippen molar-refractivity contribution in [3.8, 4) is 5.13 Å². The lowest BCUT2D eigenvalue weighted by atomic mass is 9.98. The summed E-state index contributed by atoms with van der Waals surface area (Å²) in [5.41, 5.74) is 1.98. The lowest BCUT2D eigenvalue weighted by molar-refractivity contribution is -0.114. The maximum Gasteiger partial charge on any atom is 0.222 e. The Morgan fingerprint density at radius 1 is 1.44 bits per heavy atom. The largest absolute Gasteiger partial charge is 0.381 e. The fourth-order valence-corrected chi connectivity index (χ4v) is 4.11. The summed E-state index contributed by atoms with van der Waals surface area (Å²) < 4.78 is 7.42. The molecule has 0 spiro atoms. The van der Waals surface area contributed by atoms with Crippen molar-refractivity contribution in [1.29, 1.82) is 0 Å². The molecule has 1 N–H and O–H groups in total. The maximum atomic E-state index is 11.3. The number of aryl methyl sites for hydroxylation is 1. The van der Waals surface area contributed by atoms with Crippen LogP contribution >= 0.6 is 11.3 Å². The molecule has 1 unspecified atom stereocenters. The van der Waals surface area contributed by atoms with Crippen molar-refractivity contribution in [2.75, 3.05) is 18.5 Å². The molecule has 3 aromatic heterocycles. The topological polar surface area (TPSA) is 81.9 Å². The molecule has 7 nitrogen and oxygen atoms in total. The molecule has 1 aliphatic heterocycles. The first-order valence-electron chi connectivity index (χ1n) is 8.28. The van der Waals surface area contributed by atoms with Crippen molar-refractivity contribution < 1.29 is 9.53 Å². The summed E-state index contributed by atoms with van der Waals surface area (Å²) in [6.07, 6.45) is 5.66. The Morgan fingerprint density at radius 2 is 2.32 bits per heavy atom. The Hall–Kier alpha value is -2.32.